The van der Waals surface area contributed by atoms with Crippen molar-refractivity contribution in [3.63, 3.8) is 0 Å². The van der Waals surface area contributed by atoms with Gasteiger partial charge in [-0.3, -0.25) is 0 Å². The number of nitrogens with one attached hydrogen (secondary N) is 2. The van der Waals surface area contributed by atoms with Gasteiger partial charge in [-0.15, -0.1) is 0 Å². The molecule has 2 N–H and O–H groups in total. The minimum absolute atomic E-state index is 0.0426. The molecule has 0 saturated heterocycles. The number of ether oxygens (including phenoxy) is 2. The fraction of sp³-hybridized carbons (Fsp3) is 0.316. The SMILES string of the molecule is COc1ccc2c(c1)C(NC(=S)Nc1cccc(Br)c1)CC(C)(C)O2. The molecule has 2 aromatic carbocycles. The van der Waals surface area contributed by atoms with E-state index in [-0.39, 0.29) is 11.6 Å². The van der Waals surface area contributed by atoms with Gasteiger partial charge in [-0.25, -0.2) is 0 Å². The minimum atomic E-state index is -0.273. The standard InChI is InChI=1S/C19H21BrN2O2S/c1-19(2)11-16(15-10-14(23-3)7-8-17(15)24-19)22-18(25)21-13-6-4-5-12(20)9-13/h4-10,16H,11H2,1-3H3,(H2,21,22,25). The molecule has 0 saturated carbocycles. The Morgan fingerprint density at radius 3 is 2.80 bits per heavy atom. The van der Waals surface area contributed by atoms with Crippen LogP contribution in [0.15, 0.2) is 46.9 Å². The lowest BCUT2D eigenvalue weighted by Gasteiger charge is -2.38. The molecule has 1 aliphatic heterocycles. The maximum absolute atomic E-state index is 6.10. The average molecular weight is 421 g/mol. The van der Waals surface area contributed by atoms with E-state index in [1.807, 2.05) is 42.5 Å². The minimum Gasteiger partial charge on any atom is -0.497 e. The number of rotatable bonds is 3. The van der Waals surface area contributed by atoms with E-state index in [4.69, 9.17) is 21.7 Å². The summed E-state index contributed by atoms with van der Waals surface area (Å²) in [5.41, 5.74) is 1.71. The van der Waals surface area contributed by atoms with E-state index in [0.29, 0.717) is 5.11 Å². The molecule has 1 atom stereocenters. The Hall–Kier alpha value is -1.79. The number of fused-ring (bicyclic) bond motifs is 1. The van der Waals surface area contributed by atoms with Crippen LogP contribution in [0, 0.1) is 0 Å². The zero-order chi connectivity index (χ0) is 18.0. The third-order valence-electron chi connectivity index (χ3n) is 4.06. The predicted octanol–water partition coefficient (Wildman–Crippen LogP) is 5.05. The second-order valence-electron chi connectivity index (χ2n) is 6.63. The molecular formula is C19H21BrN2O2S. The van der Waals surface area contributed by atoms with Gasteiger partial charge in [0, 0.05) is 22.1 Å². The van der Waals surface area contributed by atoms with Gasteiger partial charge >= 0.3 is 0 Å². The Bertz CT molecular complexity index is 795. The third-order valence-corrected chi connectivity index (χ3v) is 4.78. The molecular weight excluding hydrogens is 400 g/mol. The molecule has 0 radical (unpaired) electrons. The summed E-state index contributed by atoms with van der Waals surface area (Å²) in [4.78, 5) is 0. The lowest BCUT2D eigenvalue weighted by atomic mass is 9.89. The van der Waals surface area contributed by atoms with Crippen molar-refractivity contribution >= 4 is 38.9 Å². The first kappa shape index (κ1) is 18.0. The Labute approximate surface area is 162 Å². The van der Waals surface area contributed by atoms with Gasteiger partial charge in [0.25, 0.3) is 0 Å². The Morgan fingerprint density at radius 2 is 2.08 bits per heavy atom. The van der Waals surface area contributed by atoms with E-state index in [9.17, 15) is 0 Å². The van der Waals surface area contributed by atoms with Crippen LogP contribution in [0.25, 0.3) is 0 Å². The van der Waals surface area contributed by atoms with Gasteiger partial charge in [-0.05, 0) is 62.5 Å². The van der Waals surface area contributed by atoms with Crippen LogP contribution in [-0.2, 0) is 0 Å². The number of hydrogen-bond acceptors (Lipinski definition) is 3. The molecule has 3 rings (SSSR count). The number of methoxy groups -OCH3 is 1. The molecule has 4 nitrogen and oxygen atoms in total. The Balaban J connectivity index is 1.80. The number of halogens is 1. The summed E-state index contributed by atoms with van der Waals surface area (Å²) in [6.45, 7) is 4.17. The summed E-state index contributed by atoms with van der Waals surface area (Å²) in [6, 6.07) is 13.8. The first-order valence-electron chi connectivity index (χ1n) is 8.06. The number of benzene rings is 2. The first-order valence-corrected chi connectivity index (χ1v) is 9.26. The zero-order valence-electron chi connectivity index (χ0n) is 14.4. The summed E-state index contributed by atoms with van der Waals surface area (Å²) in [5.74, 6) is 1.67. The predicted molar refractivity (Wildman–Crippen MR) is 109 cm³/mol. The maximum Gasteiger partial charge on any atom is 0.171 e. The number of anilines is 1. The van der Waals surface area contributed by atoms with Gasteiger partial charge < -0.3 is 20.1 Å². The van der Waals surface area contributed by atoms with E-state index >= 15 is 0 Å². The highest BCUT2D eigenvalue weighted by molar-refractivity contribution is 9.10. The number of thiocarbonyl (C=S) groups is 1. The van der Waals surface area contributed by atoms with Crippen LogP contribution >= 0.6 is 28.1 Å². The van der Waals surface area contributed by atoms with Crippen molar-refractivity contribution in [1.29, 1.82) is 0 Å². The lowest BCUT2D eigenvalue weighted by molar-refractivity contribution is 0.0695. The lowest BCUT2D eigenvalue weighted by Crippen LogP contribution is -2.42. The number of hydrogen-bond donors (Lipinski definition) is 2. The molecule has 0 aromatic heterocycles. The zero-order valence-corrected chi connectivity index (χ0v) is 16.8. The van der Waals surface area contributed by atoms with Crippen LogP contribution < -0.4 is 20.1 Å². The maximum atomic E-state index is 6.10. The summed E-state index contributed by atoms with van der Waals surface area (Å²) in [5, 5.41) is 7.23. The normalized spacial score (nSPS) is 17.8. The van der Waals surface area contributed by atoms with Crippen LogP contribution in [0.4, 0.5) is 5.69 Å². The topological polar surface area (TPSA) is 42.5 Å². The molecule has 1 unspecified atom stereocenters. The van der Waals surface area contributed by atoms with E-state index in [1.54, 1.807) is 7.11 Å². The fourth-order valence-electron chi connectivity index (χ4n) is 2.98. The average Bonchev–Trinajstić information content (AvgIpc) is 2.53. The largest absolute Gasteiger partial charge is 0.497 e. The molecule has 0 fully saturated rings. The van der Waals surface area contributed by atoms with Gasteiger partial charge in [-0.2, -0.15) is 0 Å². The van der Waals surface area contributed by atoms with Crippen molar-refractivity contribution in [3.8, 4) is 11.5 Å². The summed E-state index contributed by atoms with van der Waals surface area (Å²) in [7, 11) is 1.66. The van der Waals surface area contributed by atoms with Gasteiger partial charge in [-0.1, -0.05) is 22.0 Å². The van der Waals surface area contributed by atoms with Crippen molar-refractivity contribution in [1.82, 2.24) is 5.32 Å². The van der Waals surface area contributed by atoms with Gasteiger partial charge in [0.15, 0.2) is 5.11 Å². The third kappa shape index (κ3) is 4.44. The molecule has 132 valence electrons. The monoisotopic (exact) mass is 420 g/mol. The molecule has 0 spiro atoms. The smallest absolute Gasteiger partial charge is 0.171 e. The van der Waals surface area contributed by atoms with Crippen LogP contribution in [-0.4, -0.2) is 17.8 Å². The molecule has 0 amide bonds. The molecule has 0 aliphatic carbocycles. The quantitative estimate of drug-likeness (QED) is 0.680. The van der Waals surface area contributed by atoms with Crippen molar-refractivity contribution in [2.45, 2.75) is 31.9 Å². The van der Waals surface area contributed by atoms with Crippen LogP contribution in [0.3, 0.4) is 0 Å². The van der Waals surface area contributed by atoms with Crippen LogP contribution in [0.1, 0.15) is 31.9 Å². The van der Waals surface area contributed by atoms with Gasteiger partial charge in [0.1, 0.15) is 17.1 Å². The summed E-state index contributed by atoms with van der Waals surface area (Å²) >= 11 is 8.98. The first-order chi connectivity index (χ1) is 11.9. The summed E-state index contributed by atoms with van der Waals surface area (Å²) < 4.78 is 12.5. The molecule has 2 aromatic rings. The van der Waals surface area contributed by atoms with Crippen LogP contribution in [0.5, 0.6) is 11.5 Å². The fourth-order valence-corrected chi connectivity index (χ4v) is 3.64. The second-order valence-corrected chi connectivity index (χ2v) is 7.95. The van der Waals surface area contributed by atoms with Crippen LogP contribution in [0.2, 0.25) is 0 Å². The van der Waals surface area contributed by atoms with Crippen molar-refractivity contribution in [3.05, 3.63) is 52.5 Å². The van der Waals surface area contributed by atoms with E-state index in [1.165, 1.54) is 0 Å². The van der Waals surface area contributed by atoms with Gasteiger partial charge in [0.2, 0.25) is 0 Å². The molecule has 1 aliphatic rings. The highest BCUT2D eigenvalue weighted by atomic mass is 79.9. The highest BCUT2D eigenvalue weighted by Gasteiger charge is 2.34. The highest BCUT2D eigenvalue weighted by Crippen LogP contribution is 2.41. The molecule has 25 heavy (non-hydrogen) atoms. The van der Waals surface area contributed by atoms with Crippen molar-refractivity contribution in [2.24, 2.45) is 0 Å². The van der Waals surface area contributed by atoms with E-state index in [0.717, 1.165) is 33.6 Å². The molecule has 1 heterocycles. The van der Waals surface area contributed by atoms with E-state index < -0.39 is 0 Å². The van der Waals surface area contributed by atoms with Crippen molar-refractivity contribution < 1.29 is 9.47 Å². The Kier molecular flexibility index (Phi) is 5.20. The van der Waals surface area contributed by atoms with Crippen molar-refractivity contribution in [2.75, 3.05) is 12.4 Å². The molecule has 0 bridgehead atoms. The van der Waals surface area contributed by atoms with E-state index in [2.05, 4.69) is 40.4 Å². The molecule has 6 heteroatoms. The Morgan fingerprint density at radius 1 is 1.28 bits per heavy atom. The van der Waals surface area contributed by atoms with Gasteiger partial charge in [0.05, 0.1) is 13.2 Å². The second kappa shape index (κ2) is 7.22. The summed E-state index contributed by atoms with van der Waals surface area (Å²) in [6.07, 6.45) is 0.799.